The van der Waals surface area contributed by atoms with Crippen LogP contribution in [0.25, 0.3) is 0 Å². The number of halogens is 2. The number of hydrogen-bond acceptors (Lipinski definition) is 3. The molecule has 0 aliphatic rings. The monoisotopic (exact) mass is 416 g/mol. The van der Waals surface area contributed by atoms with E-state index in [1.54, 1.807) is 30.3 Å². The van der Waals surface area contributed by atoms with E-state index in [0.717, 1.165) is 40.7 Å². The second-order valence-electron chi connectivity index (χ2n) is 6.23. The van der Waals surface area contributed by atoms with Crippen LogP contribution in [-0.4, -0.2) is 27.9 Å². The summed E-state index contributed by atoms with van der Waals surface area (Å²) >= 11 is 0. The number of benzene rings is 3. The Bertz CT molecular complexity index is 1090. The molecule has 0 radical (unpaired) electrons. The molecule has 0 aliphatic carbocycles. The van der Waals surface area contributed by atoms with Gasteiger partial charge in [0.05, 0.1) is 10.6 Å². The zero-order chi connectivity index (χ0) is 21.0. The lowest BCUT2D eigenvalue weighted by molar-refractivity contribution is -0.116. The molecule has 0 aliphatic heterocycles. The first-order valence-corrected chi connectivity index (χ1v) is 10.1. The minimum atomic E-state index is -4.20. The number of carbonyl (C=O) groups is 1. The fourth-order valence-electron chi connectivity index (χ4n) is 2.68. The molecule has 3 aromatic rings. The van der Waals surface area contributed by atoms with Crippen LogP contribution in [0.1, 0.15) is 0 Å². The van der Waals surface area contributed by atoms with E-state index in [4.69, 9.17) is 0 Å². The SMILES string of the molecule is CN(C(=O)CN(c1ccc(F)cc1)S(=O)(=O)c1ccc(F)cc1)c1ccccc1. The van der Waals surface area contributed by atoms with Crippen LogP contribution in [0.3, 0.4) is 0 Å². The summed E-state index contributed by atoms with van der Waals surface area (Å²) in [5, 5.41) is 0. The van der Waals surface area contributed by atoms with Crippen molar-refractivity contribution < 1.29 is 22.0 Å². The molecule has 0 fully saturated rings. The van der Waals surface area contributed by atoms with Gasteiger partial charge in [-0.1, -0.05) is 18.2 Å². The van der Waals surface area contributed by atoms with Crippen molar-refractivity contribution in [1.29, 1.82) is 0 Å². The molecule has 0 atom stereocenters. The van der Waals surface area contributed by atoms with Gasteiger partial charge >= 0.3 is 0 Å². The molecule has 0 heterocycles. The van der Waals surface area contributed by atoms with Crippen LogP contribution in [0, 0.1) is 11.6 Å². The van der Waals surface area contributed by atoms with Crippen LogP contribution in [0.2, 0.25) is 0 Å². The minimum Gasteiger partial charge on any atom is -0.314 e. The van der Waals surface area contributed by atoms with Gasteiger partial charge in [-0.15, -0.1) is 0 Å². The lowest BCUT2D eigenvalue weighted by atomic mass is 10.3. The molecule has 1 amide bonds. The Balaban J connectivity index is 1.98. The number of para-hydroxylation sites is 1. The fourth-order valence-corrected chi connectivity index (χ4v) is 4.09. The number of nitrogens with zero attached hydrogens (tertiary/aromatic N) is 2. The summed E-state index contributed by atoms with van der Waals surface area (Å²) in [6.07, 6.45) is 0. The Kier molecular flexibility index (Phi) is 5.93. The number of hydrogen-bond donors (Lipinski definition) is 0. The highest BCUT2D eigenvalue weighted by Gasteiger charge is 2.28. The highest BCUT2D eigenvalue weighted by molar-refractivity contribution is 7.92. The molecule has 0 unspecified atom stereocenters. The highest BCUT2D eigenvalue weighted by Crippen LogP contribution is 2.25. The van der Waals surface area contributed by atoms with Gasteiger partial charge in [-0.3, -0.25) is 9.10 Å². The Morgan fingerprint density at radius 1 is 0.793 bits per heavy atom. The summed E-state index contributed by atoms with van der Waals surface area (Å²) < 4.78 is 53.8. The summed E-state index contributed by atoms with van der Waals surface area (Å²) in [7, 11) is -2.67. The molecule has 0 bridgehead atoms. The van der Waals surface area contributed by atoms with E-state index in [2.05, 4.69) is 0 Å². The number of carbonyl (C=O) groups excluding carboxylic acids is 1. The lowest BCUT2D eigenvalue weighted by Crippen LogP contribution is -2.41. The minimum absolute atomic E-state index is 0.116. The van der Waals surface area contributed by atoms with E-state index in [1.165, 1.54) is 24.1 Å². The molecule has 0 aromatic heterocycles. The summed E-state index contributed by atoms with van der Waals surface area (Å²) in [5.74, 6) is -1.62. The average molecular weight is 416 g/mol. The fraction of sp³-hybridized carbons (Fsp3) is 0.0952. The van der Waals surface area contributed by atoms with Crippen molar-refractivity contribution in [1.82, 2.24) is 0 Å². The topological polar surface area (TPSA) is 57.7 Å². The summed E-state index contributed by atoms with van der Waals surface area (Å²) in [5.41, 5.74) is 0.710. The van der Waals surface area contributed by atoms with Gasteiger partial charge in [0.25, 0.3) is 10.0 Å². The van der Waals surface area contributed by atoms with E-state index in [9.17, 15) is 22.0 Å². The van der Waals surface area contributed by atoms with Gasteiger partial charge in [-0.05, 0) is 60.7 Å². The van der Waals surface area contributed by atoms with Crippen LogP contribution in [-0.2, 0) is 14.8 Å². The Labute approximate surface area is 167 Å². The standard InChI is InChI=1S/C21H18F2N2O3S/c1-24(18-5-3-2-4-6-18)21(26)15-25(19-11-7-16(22)8-12-19)29(27,28)20-13-9-17(23)10-14-20/h2-14H,15H2,1H3. The van der Waals surface area contributed by atoms with E-state index in [0.29, 0.717) is 5.69 Å². The maximum absolute atomic E-state index is 13.3. The smallest absolute Gasteiger partial charge is 0.264 e. The van der Waals surface area contributed by atoms with Gasteiger partial charge in [0.15, 0.2) is 0 Å². The molecule has 150 valence electrons. The number of amides is 1. The van der Waals surface area contributed by atoms with E-state index in [-0.39, 0.29) is 10.6 Å². The second kappa shape index (κ2) is 8.40. The zero-order valence-corrected chi connectivity index (χ0v) is 16.3. The second-order valence-corrected chi connectivity index (χ2v) is 8.09. The normalized spacial score (nSPS) is 11.1. The lowest BCUT2D eigenvalue weighted by Gasteiger charge is -2.26. The molecular weight excluding hydrogens is 398 g/mol. The Morgan fingerprint density at radius 3 is 1.86 bits per heavy atom. The average Bonchev–Trinajstić information content (AvgIpc) is 2.73. The van der Waals surface area contributed by atoms with Gasteiger partial charge in [-0.2, -0.15) is 0 Å². The third kappa shape index (κ3) is 4.60. The maximum Gasteiger partial charge on any atom is 0.264 e. The molecule has 0 saturated carbocycles. The summed E-state index contributed by atoms with van der Waals surface area (Å²) in [6.45, 7) is -0.517. The number of likely N-dealkylation sites (N-methyl/N-ethyl adjacent to an activating group) is 1. The maximum atomic E-state index is 13.3. The van der Waals surface area contributed by atoms with Gasteiger partial charge in [0, 0.05) is 12.7 Å². The van der Waals surface area contributed by atoms with Crippen molar-refractivity contribution >= 4 is 27.3 Å². The molecule has 0 spiro atoms. The third-order valence-electron chi connectivity index (χ3n) is 4.31. The largest absolute Gasteiger partial charge is 0.314 e. The molecule has 0 saturated heterocycles. The van der Waals surface area contributed by atoms with Gasteiger partial charge in [-0.25, -0.2) is 17.2 Å². The van der Waals surface area contributed by atoms with Crippen LogP contribution < -0.4 is 9.21 Å². The first kappa shape index (κ1) is 20.5. The van der Waals surface area contributed by atoms with Crippen LogP contribution >= 0.6 is 0 Å². The van der Waals surface area contributed by atoms with E-state index >= 15 is 0 Å². The Hall–Kier alpha value is -3.26. The van der Waals surface area contributed by atoms with Crippen LogP contribution in [0.15, 0.2) is 83.8 Å². The van der Waals surface area contributed by atoms with Crippen LogP contribution in [0.5, 0.6) is 0 Å². The van der Waals surface area contributed by atoms with E-state index in [1.807, 2.05) is 0 Å². The predicted octanol–water partition coefficient (Wildman–Crippen LogP) is 3.82. The van der Waals surface area contributed by atoms with Crippen molar-refractivity contribution in [2.45, 2.75) is 4.90 Å². The quantitative estimate of drug-likeness (QED) is 0.614. The molecule has 5 nitrogen and oxygen atoms in total. The van der Waals surface area contributed by atoms with Gasteiger partial charge < -0.3 is 4.90 Å². The molecule has 0 N–H and O–H groups in total. The van der Waals surface area contributed by atoms with Crippen molar-refractivity contribution in [3.05, 3.63) is 90.5 Å². The highest BCUT2D eigenvalue weighted by atomic mass is 32.2. The van der Waals surface area contributed by atoms with Crippen LogP contribution in [0.4, 0.5) is 20.2 Å². The molecule has 29 heavy (non-hydrogen) atoms. The van der Waals surface area contributed by atoms with Gasteiger partial charge in [0.2, 0.25) is 5.91 Å². The molecule has 8 heteroatoms. The molecule has 3 aromatic carbocycles. The first-order chi connectivity index (χ1) is 13.8. The van der Waals surface area contributed by atoms with E-state index < -0.39 is 34.1 Å². The van der Waals surface area contributed by atoms with Crippen molar-refractivity contribution in [3.63, 3.8) is 0 Å². The molecular formula is C21H18F2N2O3S. The van der Waals surface area contributed by atoms with Crippen molar-refractivity contribution in [2.75, 3.05) is 22.8 Å². The Morgan fingerprint density at radius 2 is 1.31 bits per heavy atom. The van der Waals surface area contributed by atoms with Gasteiger partial charge in [0.1, 0.15) is 18.2 Å². The zero-order valence-electron chi connectivity index (χ0n) is 15.5. The number of anilines is 2. The third-order valence-corrected chi connectivity index (χ3v) is 6.10. The number of sulfonamides is 1. The predicted molar refractivity (Wildman–Crippen MR) is 107 cm³/mol. The number of rotatable bonds is 6. The molecule has 3 rings (SSSR count). The summed E-state index contributed by atoms with van der Waals surface area (Å²) in [6, 6.07) is 17.8. The first-order valence-electron chi connectivity index (χ1n) is 8.64. The van der Waals surface area contributed by atoms with Crippen molar-refractivity contribution in [3.8, 4) is 0 Å². The van der Waals surface area contributed by atoms with Crippen molar-refractivity contribution in [2.24, 2.45) is 0 Å². The summed E-state index contributed by atoms with van der Waals surface area (Å²) in [4.78, 5) is 14.0.